The zero-order chi connectivity index (χ0) is 22.4. The van der Waals surface area contributed by atoms with Crippen molar-refractivity contribution in [1.29, 1.82) is 0 Å². The zero-order valence-electron chi connectivity index (χ0n) is 18.8. The quantitative estimate of drug-likeness (QED) is 0.415. The van der Waals surface area contributed by atoms with E-state index in [1.165, 1.54) is 25.7 Å². The van der Waals surface area contributed by atoms with Crippen molar-refractivity contribution >= 4 is 22.9 Å². The molecule has 0 saturated heterocycles. The van der Waals surface area contributed by atoms with E-state index in [0.29, 0.717) is 11.6 Å². The summed E-state index contributed by atoms with van der Waals surface area (Å²) in [6.07, 6.45) is 6.70. The summed E-state index contributed by atoms with van der Waals surface area (Å²) in [6, 6.07) is 6.68. The lowest BCUT2D eigenvalue weighted by molar-refractivity contribution is 0.393. The maximum Gasteiger partial charge on any atom is 0.257 e. The number of imidazole rings is 1. The number of hydrogen-bond donors (Lipinski definition) is 2. The molecular formula is C24H27N5O2S. The van der Waals surface area contributed by atoms with E-state index in [1.807, 2.05) is 44.5 Å². The van der Waals surface area contributed by atoms with Gasteiger partial charge in [0.05, 0.1) is 28.7 Å². The molecule has 0 radical (unpaired) electrons. The summed E-state index contributed by atoms with van der Waals surface area (Å²) in [7, 11) is 1.93. The summed E-state index contributed by atoms with van der Waals surface area (Å²) in [6.45, 7) is 5.79. The smallest absolute Gasteiger partial charge is 0.257 e. The van der Waals surface area contributed by atoms with E-state index in [1.54, 1.807) is 18.1 Å². The van der Waals surface area contributed by atoms with Crippen LogP contribution in [0, 0.1) is 20.8 Å². The van der Waals surface area contributed by atoms with Crippen molar-refractivity contribution in [3.05, 3.63) is 52.0 Å². The maximum absolute atomic E-state index is 13.1. The van der Waals surface area contributed by atoms with E-state index >= 15 is 0 Å². The molecule has 166 valence electrons. The van der Waals surface area contributed by atoms with Crippen molar-refractivity contribution in [2.75, 3.05) is 0 Å². The summed E-state index contributed by atoms with van der Waals surface area (Å²) in [5.41, 5.74) is 4.90. The first-order valence-electron chi connectivity index (χ1n) is 11.0. The lowest BCUT2D eigenvalue weighted by Crippen LogP contribution is -2.18. The molecule has 7 nitrogen and oxygen atoms in total. The van der Waals surface area contributed by atoms with Crippen molar-refractivity contribution in [1.82, 2.24) is 24.4 Å². The second-order valence-electron chi connectivity index (χ2n) is 8.60. The fourth-order valence-electron chi connectivity index (χ4n) is 4.54. The Balaban J connectivity index is 1.68. The van der Waals surface area contributed by atoms with Gasteiger partial charge in [-0.2, -0.15) is 0 Å². The van der Waals surface area contributed by atoms with Crippen molar-refractivity contribution in [3.63, 3.8) is 0 Å². The van der Waals surface area contributed by atoms with Crippen LogP contribution in [-0.2, 0) is 7.05 Å². The van der Waals surface area contributed by atoms with Crippen molar-refractivity contribution in [2.24, 2.45) is 7.05 Å². The number of aryl methyl sites for hydroxylation is 3. The molecule has 32 heavy (non-hydrogen) atoms. The first-order valence-corrected chi connectivity index (χ1v) is 11.8. The van der Waals surface area contributed by atoms with E-state index in [2.05, 4.69) is 25.9 Å². The zero-order valence-corrected chi connectivity index (χ0v) is 19.6. The predicted molar refractivity (Wildman–Crippen MR) is 128 cm³/mol. The first-order chi connectivity index (χ1) is 15.4. The Morgan fingerprint density at radius 2 is 1.97 bits per heavy atom. The molecule has 3 heterocycles. The van der Waals surface area contributed by atoms with Crippen LogP contribution in [0.5, 0.6) is 0 Å². The van der Waals surface area contributed by atoms with E-state index < -0.39 is 0 Å². The van der Waals surface area contributed by atoms with Crippen LogP contribution in [0.4, 0.5) is 0 Å². The van der Waals surface area contributed by atoms with Gasteiger partial charge in [-0.1, -0.05) is 18.0 Å². The molecule has 1 fully saturated rings. The minimum atomic E-state index is -0.129. The second kappa shape index (κ2) is 8.26. The van der Waals surface area contributed by atoms with Crippen LogP contribution in [-0.4, -0.2) is 25.7 Å². The van der Waals surface area contributed by atoms with Crippen LogP contribution in [0.2, 0.25) is 0 Å². The Hall–Kier alpha value is -2.84. The van der Waals surface area contributed by atoms with Gasteiger partial charge >= 0.3 is 0 Å². The van der Waals surface area contributed by atoms with Gasteiger partial charge in [-0.25, -0.2) is 4.98 Å². The normalized spacial score (nSPS) is 14.6. The van der Waals surface area contributed by atoms with E-state index in [4.69, 9.17) is 4.52 Å². The largest absolute Gasteiger partial charge is 0.361 e. The van der Waals surface area contributed by atoms with Crippen LogP contribution >= 0.6 is 11.9 Å². The fraction of sp³-hybridized carbons (Fsp3) is 0.375. The highest BCUT2D eigenvalue weighted by molar-refractivity contribution is 7.97. The average Bonchev–Trinajstić information content (AvgIpc) is 3.48. The molecule has 0 bridgehead atoms. The molecule has 8 heteroatoms. The van der Waals surface area contributed by atoms with Gasteiger partial charge in [0.25, 0.3) is 5.56 Å². The fourth-order valence-corrected chi connectivity index (χ4v) is 5.53. The van der Waals surface area contributed by atoms with Crippen molar-refractivity contribution in [2.45, 2.75) is 57.4 Å². The predicted octanol–water partition coefficient (Wildman–Crippen LogP) is 5.05. The van der Waals surface area contributed by atoms with Crippen molar-refractivity contribution < 1.29 is 4.52 Å². The van der Waals surface area contributed by atoms with Gasteiger partial charge in [0.1, 0.15) is 11.6 Å². The summed E-state index contributed by atoms with van der Waals surface area (Å²) < 4.78 is 11.0. The summed E-state index contributed by atoms with van der Waals surface area (Å²) >= 11 is 1.64. The number of benzene rings is 1. The number of nitrogens with one attached hydrogen (secondary N) is 2. The number of hydrogen-bond acceptors (Lipinski definition) is 6. The van der Waals surface area contributed by atoms with Crippen molar-refractivity contribution in [3.8, 4) is 22.4 Å². The number of nitrogens with zero attached hydrogens (tertiary/aromatic N) is 3. The van der Waals surface area contributed by atoms with Gasteiger partial charge in [0.2, 0.25) is 0 Å². The number of aromatic amines is 1. The number of aromatic nitrogens is 4. The van der Waals surface area contributed by atoms with Crippen LogP contribution in [0.1, 0.15) is 43.0 Å². The Kier molecular flexibility index (Phi) is 5.43. The third kappa shape index (κ3) is 3.67. The molecule has 1 saturated carbocycles. The van der Waals surface area contributed by atoms with E-state index in [9.17, 15) is 4.79 Å². The SMILES string of the molecule is Cc1noc(C)c1-c1cc(SNC2CCCC2)c2cc(-c3cnc(C)n3C)c(=O)[nH]c2c1. The lowest BCUT2D eigenvalue weighted by atomic mass is 10.0. The van der Waals surface area contributed by atoms with Crippen LogP contribution < -0.4 is 10.3 Å². The van der Waals surface area contributed by atoms with Crippen LogP contribution in [0.25, 0.3) is 33.3 Å². The standard InChI is InChI=1S/C24H27N5O2S/c1-13-23(14(2)31-27-13)16-9-20-18(22(10-16)32-28-17-7-5-6-8-17)11-19(24(30)26-20)21-12-25-15(3)29(21)4/h9-12,17,28H,5-8H2,1-4H3,(H,26,30). The molecule has 1 aromatic carbocycles. The molecule has 4 aromatic rings. The van der Waals surface area contributed by atoms with Crippen LogP contribution in [0.15, 0.2) is 38.6 Å². The Bertz CT molecular complexity index is 1340. The highest BCUT2D eigenvalue weighted by atomic mass is 32.2. The van der Waals surface area contributed by atoms with Gasteiger partial charge in [-0.05, 0) is 69.3 Å². The third-order valence-electron chi connectivity index (χ3n) is 6.43. The second-order valence-corrected chi connectivity index (χ2v) is 9.48. The number of rotatable bonds is 5. The Labute approximate surface area is 190 Å². The third-order valence-corrected chi connectivity index (χ3v) is 7.44. The van der Waals surface area contributed by atoms with Crippen LogP contribution in [0.3, 0.4) is 0 Å². The molecule has 5 rings (SSSR count). The summed E-state index contributed by atoms with van der Waals surface area (Å²) in [4.78, 5) is 21.6. The molecule has 0 spiro atoms. The van der Waals surface area contributed by atoms with E-state index in [0.717, 1.165) is 49.9 Å². The minimum absolute atomic E-state index is 0.129. The maximum atomic E-state index is 13.1. The first kappa shape index (κ1) is 21.0. The van der Waals surface area contributed by atoms with Gasteiger partial charge in [-0.3, -0.25) is 9.52 Å². The van der Waals surface area contributed by atoms with Gasteiger partial charge in [0, 0.05) is 28.9 Å². The molecule has 2 N–H and O–H groups in total. The lowest BCUT2D eigenvalue weighted by Gasteiger charge is -2.15. The van der Waals surface area contributed by atoms with Gasteiger partial charge < -0.3 is 14.1 Å². The highest BCUT2D eigenvalue weighted by Gasteiger charge is 2.19. The monoisotopic (exact) mass is 449 g/mol. The molecule has 3 aromatic heterocycles. The molecule has 1 aliphatic rings. The number of H-pyrrole nitrogens is 1. The number of fused-ring (bicyclic) bond motifs is 1. The average molecular weight is 450 g/mol. The number of pyridine rings is 1. The highest BCUT2D eigenvalue weighted by Crippen LogP contribution is 2.36. The van der Waals surface area contributed by atoms with E-state index in [-0.39, 0.29) is 5.56 Å². The molecule has 0 amide bonds. The van der Waals surface area contributed by atoms with Gasteiger partial charge in [0.15, 0.2) is 0 Å². The molecule has 1 aliphatic carbocycles. The molecule has 0 aliphatic heterocycles. The Morgan fingerprint density at radius 3 is 2.62 bits per heavy atom. The topological polar surface area (TPSA) is 88.7 Å². The molecule has 0 atom stereocenters. The molecular weight excluding hydrogens is 422 g/mol. The van der Waals surface area contributed by atoms with Gasteiger partial charge in [-0.15, -0.1) is 0 Å². The Morgan fingerprint density at radius 1 is 1.19 bits per heavy atom. The summed E-state index contributed by atoms with van der Waals surface area (Å²) in [5.74, 6) is 1.64. The minimum Gasteiger partial charge on any atom is -0.361 e. The summed E-state index contributed by atoms with van der Waals surface area (Å²) in [5, 5.41) is 5.12. The molecule has 0 unspecified atom stereocenters.